The lowest BCUT2D eigenvalue weighted by atomic mass is 10.1. The van der Waals surface area contributed by atoms with E-state index < -0.39 is 5.60 Å². The number of ether oxygens (including phenoxy) is 1. The molecule has 0 aliphatic rings. The van der Waals surface area contributed by atoms with Gasteiger partial charge in [-0.2, -0.15) is 0 Å². The highest BCUT2D eigenvalue weighted by Gasteiger charge is 2.19. The summed E-state index contributed by atoms with van der Waals surface area (Å²) in [7, 11) is 0. The first-order chi connectivity index (χ1) is 11.7. The minimum Gasteiger partial charge on any atom is -0.456 e. The van der Waals surface area contributed by atoms with Crippen LogP contribution in [0.15, 0.2) is 42.5 Å². The predicted octanol–water partition coefficient (Wildman–Crippen LogP) is 5.00. The van der Waals surface area contributed by atoms with Crippen molar-refractivity contribution < 1.29 is 9.53 Å². The van der Waals surface area contributed by atoms with E-state index >= 15 is 0 Å². The van der Waals surface area contributed by atoms with Gasteiger partial charge in [-0.3, -0.25) is 0 Å². The summed E-state index contributed by atoms with van der Waals surface area (Å²) >= 11 is 6.29. The van der Waals surface area contributed by atoms with Crippen LogP contribution in [0, 0.1) is 6.92 Å². The molecule has 3 rings (SSSR count). The van der Waals surface area contributed by atoms with Gasteiger partial charge in [-0.1, -0.05) is 29.8 Å². The Morgan fingerprint density at radius 2 is 1.92 bits per heavy atom. The van der Waals surface area contributed by atoms with Gasteiger partial charge in [0.2, 0.25) is 0 Å². The highest BCUT2D eigenvalue weighted by atomic mass is 35.5. The van der Waals surface area contributed by atoms with E-state index in [9.17, 15) is 4.79 Å². The second kappa shape index (κ2) is 6.52. The van der Waals surface area contributed by atoms with Crippen LogP contribution in [0.3, 0.4) is 0 Å². The monoisotopic (exact) mass is 356 g/mol. The van der Waals surface area contributed by atoms with Crippen molar-refractivity contribution >= 4 is 28.6 Å². The summed E-state index contributed by atoms with van der Waals surface area (Å²) in [5, 5.41) is 0.715. The van der Waals surface area contributed by atoms with Crippen molar-refractivity contribution in [2.45, 2.75) is 39.8 Å². The highest BCUT2D eigenvalue weighted by molar-refractivity contribution is 6.31. The minimum atomic E-state index is -0.528. The molecule has 0 radical (unpaired) electrons. The van der Waals surface area contributed by atoms with E-state index in [0.29, 0.717) is 17.1 Å². The number of carbonyl (C=O) groups excluding carboxylic acids is 1. The normalized spacial score (nSPS) is 11.7. The summed E-state index contributed by atoms with van der Waals surface area (Å²) in [6.45, 7) is 8.11. The van der Waals surface area contributed by atoms with Gasteiger partial charge in [0.15, 0.2) is 0 Å². The van der Waals surface area contributed by atoms with E-state index in [1.807, 2.05) is 64.1 Å². The molecule has 0 unspecified atom stereocenters. The van der Waals surface area contributed by atoms with Crippen LogP contribution in [-0.4, -0.2) is 21.1 Å². The van der Waals surface area contributed by atoms with Crippen molar-refractivity contribution in [3.05, 3.63) is 64.4 Å². The van der Waals surface area contributed by atoms with Crippen LogP contribution in [0.5, 0.6) is 0 Å². The molecule has 0 aliphatic heterocycles. The van der Waals surface area contributed by atoms with E-state index in [0.717, 1.165) is 22.4 Å². The van der Waals surface area contributed by atoms with Crippen molar-refractivity contribution in [1.29, 1.82) is 0 Å². The smallest absolute Gasteiger partial charge is 0.338 e. The first-order valence-corrected chi connectivity index (χ1v) is 8.56. The van der Waals surface area contributed by atoms with Crippen molar-refractivity contribution in [2.24, 2.45) is 0 Å². The topological polar surface area (TPSA) is 44.1 Å². The molecule has 4 nitrogen and oxygen atoms in total. The second-order valence-electron chi connectivity index (χ2n) is 7.04. The number of halogens is 1. The molecule has 25 heavy (non-hydrogen) atoms. The molecule has 0 amide bonds. The molecular weight excluding hydrogens is 336 g/mol. The Kier molecular flexibility index (Phi) is 4.56. The Bertz CT molecular complexity index is 939. The number of nitrogens with zero attached hydrogens (tertiary/aromatic N) is 2. The summed E-state index contributed by atoms with van der Waals surface area (Å²) < 4.78 is 7.53. The fourth-order valence-corrected chi connectivity index (χ4v) is 2.90. The van der Waals surface area contributed by atoms with Crippen LogP contribution in [0.4, 0.5) is 0 Å². The molecule has 0 N–H and O–H groups in total. The molecule has 3 aromatic rings. The average Bonchev–Trinajstić information content (AvgIpc) is 2.83. The van der Waals surface area contributed by atoms with Gasteiger partial charge in [0.1, 0.15) is 11.4 Å². The second-order valence-corrected chi connectivity index (χ2v) is 7.45. The summed E-state index contributed by atoms with van der Waals surface area (Å²) in [5.41, 5.74) is 2.73. The minimum absolute atomic E-state index is 0.336. The van der Waals surface area contributed by atoms with Crippen molar-refractivity contribution in [3.8, 4) is 0 Å². The van der Waals surface area contributed by atoms with E-state index in [4.69, 9.17) is 16.3 Å². The molecule has 5 heteroatoms. The number of benzene rings is 2. The average molecular weight is 357 g/mol. The number of aryl methyl sites for hydroxylation is 1. The third-order valence-corrected chi connectivity index (χ3v) is 4.23. The molecule has 0 fully saturated rings. The Labute approximate surface area is 152 Å². The Morgan fingerprint density at radius 1 is 1.20 bits per heavy atom. The fourth-order valence-electron chi connectivity index (χ4n) is 2.70. The van der Waals surface area contributed by atoms with Gasteiger partial charge in [-0.25, -0.2) is 9.78 Å². The fraction of sp³-hybridized carbons (Fsp3) is 0.300. The largest absolute Gasteiger partial charge is 0.456 e. The molecule has 0 saturated carbocycles. The quantitative estimate of drug-likeness (QED) is 0.620. The summed E-state index contributed by atoms with van der Waals surface area (Å²) in [5.74, 6) is 0.536. The third kappa shape index (κ3) is 3.85. The maximum atomic E-state index is 12.4. The summed E-state index contributed by atoms with van der Waals surface area (Å²) in [6.07, 6.45) is 0. The van der Waals surface area contributed by atoms with Crippen LogP contribution in [-0.2, 0) is 11.3 Å². The van der Waals surface area contributed by atoms with Gasteiger partial charge in [0, 0.05) is 5.02 Å². The Morgan fingerprint density at radius 3 is 2.60 bits per heavy atom. The molecule has 0 atom stereocenters. The summed E-state index contributed by atoms with van der Waals surface area (Å²) in [4.78, 5) is 16.9. The predicted molar refractivity (Wildman–Crippen MR) is 100 cm³/mol. The number of rotatable bonds is 3. The van der Waals surface area contributed by atoms with Crippen LogP contribution in [0.2, 0.25) is 5.02 Å². The zero-order valence-corrected chi connectivity index (χ0v) is 15.6. The molecular formula is C20H21ClN2O2. The van der Waals surface area contributed by atoms with Crippen LogP contribution < -0.4 is 0 Å². The van der Waals surface area contributed by atoms with Gasteiger partial charge in [-0.15, -0.1) is 0 Å². The van der Waals surface area contributed by atoms with Gasteiger partial charge in [0.05, 0.1) is 23.1 Å². The molecule has 0 bridgehead atoms. The number of aromatic nitrogens is 2. The van der Waals surface area contributed by atoms with E-state index in [1.165, 1.54) is 0 Å². The zero-order valence-electron chi connectivity index (χ0n) is 14.8. The van der Waals surface area contributed by atoms with Crippen molar-refractivity contribution in [2.75, 3.05) is 0 Å². The van der Waals surface area contributed by atoms with Crippen LogP contribution in [0.25, 0.3) is 11.0 Å². The summed E-state index contributed by atoms with van der Waals surface area (Å²) in [6, 6.07) is 13.2. The molecule has 130 valence electrons. The number of carbonyl (C=O) groups is 1. The number of fused-ring (bicyclic) bond motifs is 1. The molecule has 0 saturated heterocycles. The van der Waals surface area contributed by atoms with E-state index in [1.54, 1.807) is 6.07 Å². The maximum absolute atomic E-state index is 12.4. The first-order valence-electron chi connectivity index (χ1n) is 8.18. The van der Waals surface area contributed by atoms with Gasteiger partial charge in [-0.05, 0) is 57.5 Å². The first kappa shape index (κ1) is 17.5. The molecule has 1 heterocycles. The van der Waals surface area contributed by atoms with E-state index in [-0.39, 0.29) is 5.97 Å². The highest BCUT2D eigenvalue weighted by Crippen LogP contribution is 2.23. The SMILES string of the molecule is Cc1nc2ccc(C(=O)OC(C)(C)C)cc2n1Cc1ccccc1Cl. The lowest BCUT2D eigenvalue weighted by molar-refractivity contribution is 0.00697. The Balaban J connectivity index is 2.01. The Hall–Kier alpha value is -2.33. The van der Waals surface area contributed by atoms with Gasteiger partial charge < -0.3 is 9.30 Å². The molecule has 0 aliphatic carbocycles. The van der Waals surface area contributed by atoms with E-state index in [2.05, 4.69) is 9.55 Å². The van der Waals surface area contributed by atoms with Crippen molar-refractivity contribution in [1.82, 2.24) is 9.55 Å². The van der Waals surface area contributed by atoms with Gasteiger partial charge in [0.25, 0.3) is 0 Å². The molecule has 2 aromatic carbocycles. The van der Waals surface area contributed by atoms with Crippen LogP contribution in [0.1, 0.15) is 42.5 Å². The lowest BCUT2D eigenvalue weighted by Crippen LogP contribution is -2.23. The lowest BCUT2D eigenvalue weighted by Gasteiger charge is -2.19. The standard InChI is InChI=1S/C20H21ClN2O2/c1-13-22-17-10-9-14(19(24)25-20(2,3)4)11-18(17)23(13)12-15-7-5-6-8-16(15)21/h5-11H,12H2,1-4H3. The number of esters is 1. The number of imidazole rings is 1. The van der Waals surface area contributed by atoms with Gasteiger partial charge >= 0.3 is 5.97 Å². The molecule has 0 spiro atoms. The zero-order chi connectivity index (χ0) is 18.2. The maximum Gasteiger partial charge on any atom is 0.338 e. The molecule has 1 aromatic heterocycles. The number of hydrogen-bond acceptors (Lipinski definition) is 3. The van der Waals surface area contributed by atoms with Crippen LogP contribution >= 0.6 is 11.6 Å². The third-order valence-electron chi connectivity index (χ3n) is 3.86. The van der Waals surface area contributed by atoms with Crippen molar-refractivity contribution in [3.63, 3.8) is 0 Å². The number of hydrogen-bond donors (Lipinski definition) is 0.